The standard InChI is InChI=1S/C20H19N3O2S3/c1-28(24,25)14-6-7-16-18(12-14)27-20(22-16)23-10-8-13(9-11-23)19-21-15-4-2-3-5-17(15)26-19/h2-7,12-13H,8-11H2,1H3. The Morgan fingerprint density at radius 1 is 0.964 bits per heavy atom. The van der Waals surface area contributed by atoms with Gasteiger partial charge in [-0.2, -0.15) is 0 Å². The van der Waals surface area contributed by atoms with E-state index in [-0.39, 0.29) is 0 Å². The highest BCUT2D eigenvalue weighted by atomic mass is 32.2. The van der Waals surface area contributed by atoms with Gasteiger partial charge in [0.15, 0.2) is 15.0 Å². The molecular weight excluding hydrogens is 410 g/mol. The molecule has 144 valence electrons. The Hall–Kier alpha value is -2.03. The molecular formula is C20H19N3O2S3. The summed E-state index contributed by atoms with van der Waals surface area (Å²) in [4.78, 5) is 12.2. The second-order valence-electron chi connectivity index (χ2n) is 7.18. The molecule has 1 aliphatic rings. The van der Waals surface area contributed by atoms with Crippen molar-refractivity contribution in [3.8, 4) is 0 Å². The lowest BCUT2D eigenvalue weighted by Crippen LogP contribution is -2.32. The van der Waals surface area contributed by atoms with Crippen molar-refractivity contribution in [3.05, 3.63) is 47.5 Å². The van der Waals surface area contributed by atoms with Gasteiger partial charge in [-0.05, 0) is 43.2 Å². The molecule has 1 fully saturated rings. The Bertz CT molecular complexity index is 1240. The predicted octanol–water partition coefficient (Wildman–Crippen LogP) is 4.69. The summed E-state index contributed by atoms with van der Waals surface area (Å²) < 4.78 is 25.8. The highest BCUT2D eigenvalue weighted by Gasteiger charge is 2.25. The topological polar surface area (TPSA) is 63.2 Å². The van der Waals surface area contributed by atoms with E-state index >= 15 is 0 Å². The van der Waals surface area contributed by atoms with E-state index in [0.29, 0.717) is 10.8 Å². The zero-order valence-corrected chi connectivity index (χ0v) is 17.8. The number of nitrogens with zero attached hydrogens (tertiary/aromatic N) is 3. The number of aromatic nitrogens is 2. The molecule has 8 heteroatoms. The van der Waals surface area contributed by atoms with Crippen molar-refractivity contribution in [1.82, 2.24) is 9.97 Å². The first kappa shape index (κ1) is 18.0. The van der Waals surface area contributed by atoms with E-state index in [1.165, 1.54) is 16.0 Å². The molecule has 2 aromatic carbocycles. The van der Waals surface area contributed by atoms with E-state index in [4.69, 9.17) is 9.97 Å². The van der Waals surface area contributed by atoms with Crippen molar-refractivity contribution in [2.45, 2.75) is 23.7 Å². The highest BCUT2D eigenvalue weighted by molar-refractivity contribution is 7.90. The van der Waals surface area contributed by atoms with Gasteiger partial charge in [0, 0.05) is 25.3 Å². The molecule has 4 aromatic rings. The Balaban J connectivity index is 1.35. The monoisotopic (exact) mass is 429 g/mol. The normalized spacial score (nSPS) is 16.2. The molecule has 0 N–H and O–H groups in total. The fourth-order valence-corrected chi connectivity index (χ4v) is 6.56. The number of fused-ring (bicyclic) bond motifs is 2. The van der Waals surface area contributed by atoms with Crippen LogP contribution in [0.3, 0.4) is 0 Å². The minimum atomic E-state index is -3.20. The smallest absolute Gasteiger partial charge is 0.186 e. The van der Waals surface area contributed by atoms with Crippen LogP contribution in [0.2, 0.25) is 0 Å². The fourth-order valence-electron chi connectivity index (χ4n) is 3.64. The van der Waals surface area contributed by atoms with Crippen LogP contribution < -0.4 is 4.90 Å². The lowest BCUT2D eigenvalue weighted by molar-refractivity contribution is 0.504. The maximum atomic E-state index is 11.8. The minimum absolute atomic E-state index is 0.352. The Morgan fingerprint density at radius 2 is 1.71 bits per heavy atom. The van der Waals surface area contributed by atoms with Crippen LogP contribution in [0.1, 0.15) is 23.8 Å². The van der Waals surface area contributed by atoms with Crippen LogP contribution >= 0.6 is 22.7 Å². The number of benzene rings is 2. The number of para-hydroxylation sites is 1. The maximum Gasteiger partial charge on any atom is 0.186 e. The lowest BCUT2D eigenvalue weighted by atomic mass is 9.98. The van der Waals surface area contributed by atoms with E-state index < -0.39 is 9.84 Å². The number of hydrogen-bond donors (Lipinski definition) is 0. The van der Waals surface area contributed by atoms with Crippen LogP contribution in [0.4, 0.5) is 5.13 Å². The van der Waals surface area contributed by atoms with Crippen molar-refractivity contribution < 1.29 is 8.42 Å². The average Bonchev–Trinajstić information content (AvgIpc) is 3.31. The third-order valence-electron chi connectivity index (χ3n) is 5.20. The third kappa shape index (κ3) is 3.29. The number of anilines is 1. The number of piperidine rings is 1. The van der Waals surface area contributed by atoms with Gasteiger partial charge in [-0.25, -0.2) is 18.4 Å². The molecule has 1 aliphatic heterocycles. The van der Waals surface area contributed by atoms with Crippen LogP contribution in [0, 0.1) is 0 Å². The maximum absolute atomic E-state index is 11.8. The summed E-state index contributed by atoms with van der Waals surface area (Å²) >= 11 is 3.38. The lowest BCUT2D eigenvalue weighted by Gasteiger charge is -2.30. The Morgan fingerprint density at radius 3 is 2.46 bits per heavy atom. The molecule has 28 heavy (non-hydrogen) atoms. The van der Waals surface area contributed by atoms with Gasteiger partial charge in [0.25, 0.3) is 0 Å². The summed E-state index contributed by atoms with van der Waals surface area (Å²) in [6.45, 7) is 1.89. The molecule has 1 saturated heterocycles. The zero-order valence-electron chi connectivity index (χ0n) is 15.3. The molecule has 5 nitrogen and oxygen atoms in total. The van der Waals surface area contributed by atoms with Gasteiger partial charge in [0.05, 0.1) is 30.3 Å². The zero-order chi connectivity index (χ0) is 19.3. The van der Waals surface area contributed by atoms with Gasteiger partial charge in [0.1, 0.15) is 0 Å². The number of rotatable bonds is 3. The van der Waals surface area contributed by atoms with Crippen LogP contribution in [0.25, 0.3) is 20.4 Å². The van der Waals surface area contributed by atoms with Gasteiger partial charge in [-0.3, -0.25) is 0 Å². The van der Waals surface area contributed by atoms with Crippen LogP contribution in [-0.4, -0.2) is 37.7 Å². The SMILES string of the molecule is CS(=O)(=O)c1ccc2nc(N3CCC(c4nc5ccccc5s4)CC3)sc2c1. The molecule has 0 saturated carbocycles. The van der Waals surface area contributed by atoms with E-state index in [1.807, 2.05) is 17.4 Å². The Labute approximate surface area is 171 Å². The molecule has 0 aliphatic carbocycles. The third-order valence-corrected chi connectivity index (χ3v) is 8.59. The number of sulfone groups is 1. The van der Waals surface area contributed by atoms with Crippen molar-refractivity contribution in [2.75, 3.05) is 24.2 Å². The van der Waals surface area contributed by atoms with E-state index in [1.54, 1.807) is 29.5 Å². The molecule has 0 spiro atoms. The van der Waals surface area contributed by atoms with Gasteiger partial charge < -0.3 is 4.90 Å². The Kier molecular flexibility index (Phi) is 4.37. The van der Waals surface area contributed by atoms with Crippen molar-refractivity contribution in [1.29, 1.82) is 0 Å². The highest BCUT2D eigenvalue weighted by Crippen LogP contribution is 2.37. The fraction of sp³-hybridized carbons (Fsp3) is 0.300. The van der Waals surface area contributed by atoms with Crippen LogP contribution in [-0.2, 0) is 9.84 Å². The van der Waals surface area contributed by atoms with Crippen molar-refractivity contribution in [2.24, 2.45) is 0 Å². The molecule has 0 bridgehead atoms. The molecule has 2 aromatic heterocycles. The largest absolute Gasteiger partial charge is 0.348 e. The summed E-state index contributed by atoms with van der Waals surface area (Å²) in [6.07, 6.45) is 3.36. The van der Waals surface area contributed by atoms with Crippen molar-refractivity contribution >= 4 is 58.1 Å². The van der Waals surface area contributed by atoms with E-state index in [9.17, 15) is 8.42 Å². The predicted molar refractivity (Wildman–Crippen MR) is 117 cm³/mol. The van der Waals surface area contributed by atoms with Gasteiger partial charge in [0.2, 0.25) is 0 Å². The molecule has 0 unspecified atom stereocenters. The number of thiazole rings is 2. The summed E-state index contributed by atoms with van der Waals surface area (Å²) in [6, 6.07) is 13.5. The molecule has 5 rings (SSSR count). The summed E-state index contributed by atoms with van der Waals surface area (Å²) in [5.41, 5.74) is 1.96. The quantitative estimate of drug-likeness (QED) is 0.473. The van der Waals surface area contributed by atoms with Gasteiger partial charge in [-0.15, -0.1) is 11.3 Å². The molecule has 0 amide bonds. The summed E-state index contributed by atoms with van der Waals surface area (Å²) in [5, 5.41) is 2.21. The van der Waals surface area contributed by atoms with Crippen LogP contribution in [0.5, 0.6) is 0 Å². The molecule has 0 radical (unpaired) electrons. The molecule has 3 heterocycles. The average molecular weight is 430 g/mol. The van der Waals surface area contributed by atoms with E-state index in [0.717, 1.165) is 46.8 Å². The summed E-state index contributed by atoms with van der Waals surface area (Å²) in [7, 11) is -3.20. The second-order valence-corrected chi connectivity index (χ2v) is 11.3. The van der Waals surface area contributed by atoms with Gasteiger partial charge in [-0.1, -0.05) is 23.5 Å². The van der Waals surface area contributed by atoms with E-state index in [2.05, 4.69) is 23.1 Å². The van der Waals surface area contributed by atoms with Crippen molar-refractivity contribution in [3.63, 3.8) is 0 Å². The van der Waals surface area contributed by atoms with Crippen LogP contribution in [0.15, 0.2) is 47.4 Å². The second kappa shape index (κ2) is 6.79. The molecule has 0 atom stereocenters. The first-order chi connectivity index (χ1) is 13.5. The minimum Gasteiger partial charge on any atom is -0.348 e. The number of hydrogen-bond acceptors (Lipinski definition) is 7. The first-order valence-corrected chi connectivity index (χ1v) is 12.7. The van der Waals surface area contributed by atoms with Gasteiger partial charge >= 0.3 is 0 Å². The summed E-state index contributed by atoms with van der Waals surface area (Å²) in [5.74, 6) is 0.500. The first-order valence-electron chi connectivity index (χ1n) is 9.18.